The molecule has 0 radical (unpaired) electrons. The standard InChI is InChI=1S/C27H30F2O9S2/c1-13-9-15-16-11-18(28)17-10-14(30)7-8-24(17,2)26(16,29)20(31)12-25(15,3)27(13,38-23(33)34)37-22(32)19-5-6-21(39-19)40(4,35)36/h5-8,10,13,15-16,18,20,31H,9,11-12H2,1-4H3,(H,33,34)/t13-,15+,16+,18+,20+,24+,25+,26+,27+/m1/s1. The summed E-state index contributed by atoms with van der Waals surface area (Å²) < 4.78 is 67.9. The third-order valence-corrected chi connectivity index (χ3v) is 12.6. The predicted molar refractivity (Wildman–Crippen MR) is 138 cm³/mol. The summed E-state index contributed by atoms with van der Waals surface area (Å²) in [4.78, 5) is 37.2. The number of hydrogen-bond acceptors (Lipinski definition) is 9. The number of alkyl halides is 2. The van der Waals surface area contributed by atoms with Crippen LogP contribution in [0.1, 0.15) is 49.7 Å². The molecule has 0 aliphatic heterocycles. The van der Waals surface area contributed by atoms with Gasteiger partial charge in [0, 0.05) is 23.5 Å². The Morgan fingerprint density at radius 1 is 1.15 bits per heavy atom. The number of carbonyl (C=O) groups excluding carboxylic acids is 2. The maximum absolute atomic E-state index is 17.4. The van der Waals surface area contributed by atoms with Gasteiger partial charge in [-0.1, -0.05) is 19.9 Å². The molecular formula is C27H30F2O9S2. The fourth-order valence-electron chi connectivity index (χ4n) is 7.89. The van der Waals surface area contributed by atoms with E-state index in [9.17, 15) is 33.0 Å². The number of hydrogen-bond donors (Lipinski definition) is 2. The molecule has 9 atom stereocenters. The second kappa shape index (κ2) is 8.93. The lowest BCUT2D eigenvalue weighted by Crippen LogP contribution is -2.70. The number of sulfone groups is 1. The SMILES string of the molecule is C[C@@H]1C[C@H]2[C@@H]3C[C@H](F)C4=CC(=O)C=C[C@]4(C)[C@@]3(F)[C@@H](O)C[C@]2(C)[C@]1(OC(=O)O)OC(=O)c1ccc(S(C)(=O)=O)s1. The normalized spacial score (nSPS) is 42.3. The van der Waals surface area contributed by atoms with Crippen molar-refractivity contribution < 1.29 is 51.3 Å². The van der Waals surface area contributed by atoms with E-state index in [1.807, 2.05) is 0 Å². The Morgan fingerprint density at radius 3 is 2.42 bits per heavy atom. The number of carbonyl (C=O) groups is 3. The van der Waals surface area contributed by atoms with E-state index >= 15 is 8.78 Å². The van der Waals surface area contributed by atoms with Gasteiger partial charge in [0.15, 0.2) is 21.3 Å². The zero-order chi connectivity index (χ0) is 29.6. The number of carboxylic acid groups (broad SMARTS) is 1. The van der Waals surface area contributed by atoms with Crippen LogP contribution in [0.15, 0.2) is 40.1 Å². The number of ether oxygens (including phenoxy) is 2. The molecule has 4 aliphatic carbocycles. The van der Waals surface area contributed by atoms with Gasteiger partial charge in [0.1, 0.15) is 15.3 Å². The molecule has 218 valence electrons. The highest BCUT2D eigenvalue weighted by molar-refractivity contribution is 7.92. The fraction of sp³-hybridized carbons (Fsp3) is 0.593. The summed E-state index contributed by atoms with van der Waals surface area (Å²) in [5.74, 6) is -6.48. The number of allylic oxidation sites excluding steroid dienone is 4. The van der Waals surface area contributed by atoms with Crippen LogP contribution in [0.5, 0.6) is 0 Å². The van der Waals surface area contributed by atoms with Gasteiger partial charge in [-0.15, -0.1) is 11.3 Å². The van der Waals surface area contributed by atoms with Gasteiger partial charge < -0.3 is 19.7 Å². The number of esters is 1. The molecule has 0 spiro atoms. The van der Waals surface area contributed by atoms with Gasteiger partial charge in [0.25, 0.3) is 5.79 Å². The first-order valence-electron chi connectivity index (χ1n) is 12.8. The molecule has 3 fully saturated rings. The summed E-state index contributed by atoms with van der Waals surface area (Å²) in [6.07, 6.45) is -1.41. The molecule has 13 heteroatoms. The Balaban J connectivity index is 1.59. The number of rotatable bonds is 4. The molecule has 2 N–H and O–H groups in total. The van der Waals surface area contributed by atoms with E-state index in [1.54, 1.807) is 6.92 Å². The summed E-state index contributed by atoms with van der Waals surface area (Å²) in [6, 6.07) is 2.46. The lowest BCUT2D eigenvalue weighted by atomic mass is 9.45. The number of ketones is 1. The van der Waals surface area contributed by atoms with Crippen LogP contribution < -0.4 is 0 Å². The molecule has 1 aromatic heterocycles. The molecular weight excluding hydrogens is 570 g/mol. The number of aliphatic hydroxyl groups excluding tert-OH is 1. The largest absolute Gasteiger partial charge is 0.509 e. The number of halogens is 2. The van der Waals surface area contributed by atoms with Crippen LogP contribution in [0, 0.1) is 28.6 Å². The van der Waals surface area contributed by atoms with E-state index in [0.717, 1.165) is 18.4 Å². The quantitative estimate of drug-likeness (QED) is 0.383. The Kier molecular flexibility index (Phi) is 6.44. The monoisotopic (exact) mass is 600 g/mol. The predicted octanol–water partition coefficient (Wildman–Crippen LogP) is 4.26. The van der Waals surface area contributed by atoms with Crippen LogP contribution in [0.25, 0.3) is 0 Å². The van der Waals surface area contributed by atoms with E-state index in [2.05, 4.69) is 0 Å². The van der Waals surface area contributed by atoms with Crippen LogP contribution in [0.2, 0.25) is 0 Å². The van der Waals surface area contributed by atoms with Crippen molar-refractivity contribution in [3.8, 4) is 0 Å². The molecule has 3 saturated carbocycles. The van der Waals surface area contributed by atoms with Crippen molar-refractivity contribution in [3.63, 3.8) is 0 Å². The molecule has 4 aliphatic rings. The maximum Gasteiger partial charge on any atom is 0.509 e. The van der Waals surface area contributed by atoms with Crippen molar-refractivity contribution in [3.05, 3.63) is 40.8 Å². The van der Waals surface area contributed by atoms with Gasteiger partial charge in [0.2, 0.25) is 0 Å². The third-order valence-electron chi connectivity index (χ3n) is 9.70. The topological polar surface area (TPSA) is 144 Å². The Labute approximate surface area is 233 Å². The van der Waals surface area contributed by atoms with Crippen molar-refractivity contribution in [2.45, 2.75) is 68.0 Å². The Bertz CT molecular complexity index is 1470. The van der Waals surface area contributed by atoms with Crippen LogP contribution in [0.4, 0.5) is 13.6 Å². The van der Waals surface area contributed by atoms with Crippen LogP contribution in [0.3, 0.4) is 0 Å². The van der Waals surface area contributed by atoms with E-state index < -0.39 is 86.5 Å². The van der Waals surface area contributed by atoms with Crippen molar-refractivity contribution in [2.24, 2.45) is 28.6 Å². The van der Waals surface area contributed by atoms with Crippen molar-refractivity contribution >= 4 is 39.1 Å². The molecule has 40 heavy (non-hydrogen) atoms. The minimum absolute atomic E-state index is 0.0497. The Hall–Kier alpha value is -2.64. The second-order valence-electron chi connectivity index (χ2n) is 11.8. The second-order valence-corrected chi connectivity index (χ2v) is 15.1. The first kappa shape index (κ1) is 28.9. The summed E-state index contributed by atoms with van der Waals surface area (Å²) in [7, 11) is -3.63. The van der Waals surface area contributed by atoms with Crippen molar-refractivity contribution in [1.29, 1.82) is 0 Å². The van der Waals surface area contributed by atoms with Gasteiger partial charge in [-0.2, -0.15) is 0 Å². The number of fused-ring (bicyclic) bond motifs is 5. The lowest BCUT2D eigenvalue weighted by molar-refractivity contribution is -0.289. The maximum atomic E-state index is 17.4. The van der Waals surface area contributed by atoms with Crippen molar-refractivity contribution in [2.75, 3.05) is 6.26 Å². The van der Waals surface area contributed by atoms with E-state index in [0.29, 0.717) is 11.3 Å². The highest BCUT2D eigenvalue weighted by atomic mass is 32.2. The minimum Gasteiger partial charge on any atom is -0.450 e. The summed E-state index contributed by atoms with van der Waals surface area (Å²) in [6.45, 7) is 4.56. The average molecular weight is 601 g/mol. The first-order valence-corrected chi connectivity index (χ1v) is 15.5. The fourth-order valence-corrected chi connectivity index (χ4v) is 9.69. The minimum atomic E-state index is -3.63. The van der Waals surface area contributed by atoms with Crippen LogP contribution >= 0.6 is 11.3 Å². The Morgan fingerprint density at radius 2 is 1.82 bits per heavy atom. The molecule has 0 amide bonds. The van der Waals surface area contributed by atoms with E-state index in [4.69, 9.17) is 9.47 Å². The molecule has 0 aromatic carbocycles. The number of aliphatic hydroxyl groups is 1. The summed E-state index contributed by atoms with van der Waals surface area (Å²) >= 11 is 0.643. The molecule has 5 rings (SSSR count). The van der Waals surface area contributed by atoms with E-state index in [-0.39, 0.29) is 27.5 Å². The molecule has 0 unspecified atom stereocenters. The van der Waals surface area contributed by atoms with Gasteiger partial charge >= 0.3 is 12.1 Å². The van der Waals surface area contributed by atoms with Gasteiger partial charge in [-0.3, -0.25) is 4.79 Å². The average Bonchev–Trinajstić information content (AvgIpc) is 3.41. The third kappa shape index (κ3) is 3.76. The first-order chi connectivity index (χ1) is 18.4. The highest BCUT2D eigenvalue weighted by Gasteiger charge is 2.78. The van der Waals surface area contributed by atoms with Gasteiger partial charge in [0.05, 0.1) is 11.5 Å². The van der Waals surface area contributed by atoms with Crippen LogP contribution in [-0.4, -0.2) is 66.5 Å². The summed E-state index contributed by atoms with van der Waals surface area (Å²) in [5.41, 5.74) is -5.58. The summed E-state index contributed by atoms with van der Waals surface area (Å²) in [5, 5.41) is 21.2. The number of thiophene rings is 1. The van der Waals surface area contributed by atoms with Crippen LogP contribution in [-0.2, 0) is 24.1 Å². The van der Waals surface area contributed by atoms with E-state index in [1.165, 1.54) is 32.1 Å². The molecule has 9 nitrogen and oxygen atoms in total. The zero-order valence-electron chi connectivity index (χ0n) is 22.2. The molecule has 0 bridgehead atoms. The lowest BCUT2D eigenvalue weighted by Gasteiger charge is -2.62. The van der Waals surface area contributed by atoms with Gasteiger partial charge in [-0.05, 0) is 62.0 Å². The molecule has 1 aromatic rings. The highest BCUT2D eigenvalue weighted by Crippen LogP contribution is 2.71. The zero-order valence-corrected chi connectivity index (χ0v) is 23.9. The van der Waals surface area contributed by atoms with Gasteiger partial charge in [-0.25, -0.2) is 26.8 Å². The molecule has 1 heterocycles. The van der Waals surface area contributed by atoms with Crippen molar-refractivity contribution in [1.82, 2.24) is 0 Å². The smallest absolute Gasteiger partial charge is 0.450 e. The molecule has 0 saturated heterocycles.